The number of rotatable bonds is 1. The lowest BCUT2D eigenvalue weighted by Gasteiger charge is -2.09. The Labute approximate surface area is 126 Å². The molecule has 0 aliphatic carbocycles. The number of imidazole rings is 1. The van der Waals surface area contributed by atoms with Gasteiger partial charge < -0.3 is 0 Å². The van der Waals surface area contributed by atoms with Gasteiger partial charge in [-0.1, -0.05) is 12.1 Å². The molecule has 0 saturated carbocycles. The van der Waals surface area contributed by atoms with Gasteiger partial charge in [0.25, 0.3) is 0 Å². The Kier molecular flexibility index (Phi) is 3.19. The predicted molar refractivity (Wildman–Crippen MR) is 78.8 cm³/mol. The van der Waals surface area contributed by atoms with E-state index in [0.717, 1.165) is 23.2 Å². The first-order chi connectivity index (χ1) is 9.47. The Bertz CT molecular complexity index is 760. The smallest absolute Gasteiger partial charge is 0.288 e. The largest absolute Gasteiger partial charge is 0.416 e. The highest BCUT2D eigenvalue weighted by Gasteiger charge is 2.30. The van der Waals surface area contributed by atoms with E-state index >= 15 is 0 Å². The summed E-state index contributed by atoms with van der Waals surface area (Å²) in [7, 11) is 0. The Morgan fingerprint density at radius 2 is 1.60 bits per heavy atom. The zero-order valence-electron chi connectivity index (χ0n) is 10.0. The number of aromatic nitrogens is 2. The van der Waals surface area contributed by atoms with E-state index in [4.69, 9.17) is 0 Å². The molecular formula is C14H8F3IN2. The Balaban J connectivity index is 2.14. The maximum atomic E-state index is 12.6. The third kappa shape index (κ3) is 2.28. The number of alkyl halides is 3. The maximum Gasteiger partial charge on any atom is 0.416 e. The van der Waals surface area contributed by atoms with E-state index in [0.29, 0.717) is 9.52 Å². The van der Waals surface area contributed by atoms with Crippen molar-refractivity contribution < 1.29 is 13.2 Å². The van der Waals surface area contributed by atoms with Crippen LogP contribution in [-0.4, -0.2) is 9.55 Å². The van der Waals surface area contributed by atoms with Crippen LogP contribution >= 0.6 is 22.6 Å². The van der Waals surface area contributed by atoms with Crippen LogP contribution in [0.3, 0.4) is 0 Å². The van der Waals surface area contributed by atoms with Gasteiger partial charge in [0.2, 0.25) is 0 Å². The van der Waals surface area contributed by atoms with E-state index in [1.807, 2.05) is 28.8 Å². The second-order valence-corrected chi connectivity index (χ2v) is 5.21. The third-order valence-electron chi connectivity index (χ3n) is 2.97. The van der Waals surface area contributed by atoms with Crippen molar-refractivity contribution >= 4 is 33.6 Å². The fourth-order valence-corrected chi connectivity index (χ4v) is 2.84. The molecule has 3 aromatic rings. The summed E-state index contributed by atoms with van der Waals surface area (Å²) in [6.45, 7) is 0. The summed E-state index contributed by atoms with van der Waals surface area (Å²) in [6.07, 6.45) is -4.32. The predicted octanol–water partition coefficient (Wildman–Crippen LogP) is 4.65. The molecule has 0 unspecified atom stereocenters. The van der Waals surface area contributed by atoms with Crippen molar-refractivity contribution in [3.63, 3.8) is 0 Å². The molecule has 0 aliphatic heterocycles. The summed E-state index contributed by atoms with van der Waals surface area (Å²) in [5, 5.41) is 0. The van der Waals surface area contributed by atoms with E-state index in [1.165, 1.54) is 12.1 Å². The molecule has 0 bridgehead atoms. The quantitative estimate of drug-likeness (QED) is 0.555. The first kappa shape index (κ1) is 13.4. The monoisotopic (exact) mass is 388 g/mol. The Morgan fingerprint density at radius 3 is 2.25 bits per heavy atom. The van der Waals surface area contributed by atoms with Gasteiger partial charge in [0, 0.05) is 28.3 Å². The molecule has 2 aromatic carbocycles. The topological polar surface area (TPSA) is 17.8 Å². The molecule has 1 aromatic heterocycles. The van der Waals surface area contributed by atoms with Crippen LogP contribution in [0.5, 0.6) is 0 Å². The van der Waals surface area contributed by atoms with Gasteiger partial charge in [-0.25, -0.2) is 4.98 Å². The van der Waals surface area contributed by atoms with Crippen LogP contribution in [0, 0.1) is 3.83 Å². The molecule has 0 atom stereocenters. The average Bonchev–Trinajstić information content (AvgIpc) is 2.73. The van der Waals surface area contributed by atoms with Gasteiger partial charge in [0.1, 0.15) is 0 Å². The molecule has 0 saturated heterocycles. The number of hydrogen-bond acceptors (Lipinski definition) is 1. The lowest BCUT2D eigenvalue weighted by molar-refractivity contribution is -0.137. The van der Waals surface area contributed by atoms with Crippen LogP contribution in [0.1, 0.15) is 5.56 Å². The minimum atomic E-state index is -4.32. The van der Waals surface area contributed by atoms with Crippen LogP contribution < -0.4 is 0 Å². The van der Waals surface area contributed by atoms with Gasteiger partial charge in [-0.05, 0) is 36.4 Å². The van der Waals surface area contributed by atoms with Gasteiger partial charge in [-0.3, -0.25) is 4.57 Å². The second kappa shape index (κ2) is 4.76. The maximum absolute atomic E-state index is 12.6. The first-order valence-electron chi connectivity index (χ1n) is 5.77. The van der Waals surface area contributed by atoms with E-state index in [-0.39, 0.29) is 0 Å². The number of halogens is 4. The van der Waals surface area contributed by atoms with Crippen molar-refractivity contribution in [3.8, 4) is 5.69 Å². The van der Waals surface area contributed by atoms with E-state index in [1.54, 1.807) is 0 Å². The molecule has 1 heterocycles. The molecule has 0 N–H and O–H groups in total. The third-order valence-corrected chi connectivity index (χ3v) is 3.70. The molecule has 6 heteroatoms. The SMILES string of the molecule is FC(F)(F)c1ccc(-n2c(I)nc3ccccc32)cc1. The lowest BCUT2D eigenvalue weighted by Crippen LogP contribution is -2.05. The van der Waals surface area contributed by atoms with Crippen molar-refractivity contribution in [2.75, 3.05) is 0 Å². The average molecular weight is 388 g/mol. The zero-order valence-corrected chi connectivity index (χ0v) is 12.2. The van der Waals surface area contributed by atoms with Crippen molar-refractivity contribution in [1.82, 2.24) is 9.55 Å². The molecule has 0 fully saturated rings. The van der Waals surface area contributed by atoms with Gasteiger partial charge in [0.15, 0.2) is 3.83 Å². The Hall–Kier alpha value is -1.57. The summed E-state index contributed by atoms with van der Waals surface area (Å²) in [5.41, 5.74) is 1.70. The number of fused-ring (bicyclic) bond motifs is 1. The van der Waals surface area contributed by atoms with Crippen molar-refractivity contribution in [2.45, 2.75) is 6.18 Å². The summed E-state index contributed by atoms with van der Waals surface area (Å²) >= 11 is 2.07. The molecule has 0 aliphatic rings. The number of benzene rings is 2. The normalized spacial score (nSPS) is 12.0. The summed E-state index contributed by atoms with van der Waals surface area (Å²) in [5.74, 6) is 0. The van der Waals surface area contributed by atoms with Crippen molar-refractivity contribution in [2.24, 2.45) is 0 Å². The molecule has 3 rings (SSSR count). The van der Waals surface area contributed by atoms with Crippen LogP contribution in [-0.2, 0) is 6.18 Å². The number of para-hydroxylation sites is 2. The van der Waals surface area contributed by atoms with Crippen LogP contribution in [0.25, 0.3) is 16.7 Å². The van der Waals surface area contributed by atoms with E-state index in [9.17, 15) is 13.2 Å². The highest BCUT2D eigenvalue weighted by molar-refractivity contribution is 14.1. The van der Waals surface area contributed by atoms with Crippen molar-refractivity contribution in [1.29, 1.82) is 0 Å². The fraction of sp³-hybridized carbons (Fsp3) is 0.0714. The molecule has 0 amide bonds. The first-order valence-corrected chi connectivity index (χ1v) is 6.85. The molecule has 0 radical (unpaired) electrons. The summed E-state index contributed by atoms with van der Waals surface area (Å²) < 4.78 is 40.3. The van der Waals surface area contributed by atoms with Gasteiger partial charge >= 0.3 is 6.18 Å². The van der Waals surface area contributed by atoms with Gasteiger partial charge in [0.05, 0.1) is 16.6 Å². The zero-order chi connectivity index (χ0) is 14.3. The number of hydrogen-bond donors (Lipinski definition) is 0. The minimum Gasteiger partial charge on any atom is -0.288 e. The van der Waals surface area contributed by atoms with E-state index < -0.39 is 11.7 Å². The second-order valence-electron chi connectivity index (χ2n) is 4.25. The molecule has 20 heavy (non-hydrogen) atoms. The van der Waals surface area contributed by atoms with E-state index in [2.05, 4.69) is 27.6 Å². The van der Waals surface area contributed by atoms with Crippen LogP contribution in [0.15, 0.2) is 48.5 Å². The standard InChI is InChI=1S/C14H8F3IN2/c15-14(16,17)9-5-7-10(8-6-9)20-12-4-2-1-3-11(12)19-13(20)18/h1-8H. The van der Waals surface area contributed by atoms with Crippen molar-refractivity contribution in [3.05, 3.63) is 57.9 Å². The van der Waals surface area contributed by atoms with Gasteiger partial charge in [-0.15, -0.1) is 0 Å². The van der Waals surface area contributed by atoms with Crippen LogP contribution in [0.2, 0.25) is 0 Å². The fourth-order valence-electron chi connectivity index (χ4n) is 2.04. The number of nitrogens with zero attached hydrogens (tertiary/aromatic N) is 2. The van der Waals surface area contributed by atoms with Crippen LogP contribution in [0.4, 0.5) is 13.2 Å². The highest BCUT2D eigenvalue weighted by Crippen LogP contribution is 2.30. The van der Waals surface area contributed by atoms with Gasteiger partial charge in [-0.2, -0.15) is 13.2 Å². The molecule has 2 nitrogen and oxygen atoms in total. The molecule has 0 spiro atoms. The summed E-state index contributed by atoms with van der Waals surface area (Å²) in [4.78, 5) is 4.39. The Morgan fingerprint density at radius 1 is 0.950 bits per heavy atom. The molecule has 102 valence electrons. The minimum absolute atomic E-state index is 0.652. The molecular weight excluding hydrogens is 380 g/mol. The highest BCUT2D eigenvalue weighted by atomic mass is 127. The lowest BCUT2D eigenvalue weighted by atomic mass is 10.2. The summed E-state index contributed by atoms with van der Waals surface area (Å²) in [6, 6.07) is 12.6.